The van der Waals surface area contributed by atoms with Crippen LogP contribution in [-0.4, -0.2) is 35.0 Å². The van der Waals surface area contributed by atoms with E-state index in [0.29, 0.717) is 11.3 Å². The summed E-state index contributed by atoms with van der Waals surface area (Å²) in [6.07, 6.45) is 1.73. The fourth-order valence-electron chi connectivity index (χ4n) is 2.77. The molecule has 2 heterocycles. The number of aryl methyl sites for hydroxylation is 2. The molecule has 0 spiro atoms. The van der Waals surface area contributed by atoms with Gasteiger partial charge in [-0.15, -0.1) is 0 Å². The molecule has 0 aliphatic heterocycles. The van der Waals surface area contributed by atoms with Gasteiger partial charge < -0.3 is 18.6 Å². The Balaban J connectivity index is 1.85. The van der Waals surface area contributed by atoms with Crippen molar-refractivity contribution in [1.82, 2.24) is 15.0 Å². The largest absolute Gasteiger partial charge is 0.485 e. The lowest BCUT2D eigenvalue weighted by molar-refractivity contribution is 0.0779. The zero-order chi connectivity index (χ0) is 19.6. The summed E-state index contributed by atoms with van der Waals surface area (Å²) in [4.78, 5) is 29.0. The van der Waals surface area contributed by atoms with Gasteiger partial charge in [-0.3, -0.25) is 4.79 Å². The van der Waals surface area contributed by atoms with Gasteiger partial charge in [-0.25, -0.2) is 4.79 Å². The summed E-state index contributed by atoms with van der Waals surface area (Å²) in [5.74, 6) is 0.329. The SMILES string of the molecule is CCCc1cc(=O)oc2c(C)c(OCc3noc(C(=O)N(C)C)n3)ccc12. The molecule has 1 aromatic carbocycles. The first kappa shape index (κ1) is 18.6. The van der Waals surface area contributed by atoms with Crippen molar-refractivity contribution in [1.29, 1.82) is 0 Å². The fraction of sp³-hybridized carbons (Fsp3) is 0.368. The van der Waals surface area contributed by atoms with E-state index in [2.05, 4.69) is 17.1 Å². The van der Waals surface area contributed by atoms with E-state index >= 15 is 0 Å². The lowest BCUT2D eigenvalue weighted by Crippen LogP contribution is -2.22. The Morgan fingerprint density at radius 3 is 2.78 bits per heavy atom. The van der Waals surface area contributed by atoms with Crippen LogP contribution in [0, 0.1) is 6.92 Å². The van der Waals surface area contributed by atoms with Crippen LogP contribution in [0.4, 0.5) is 0 Å². The standard InChI is InChI=1S/C19H21N3O5/c1-5-6-12-9-16(23)26-17-11(2)14(8-7-13(12)17)25-10-15-20-18(27-21-15)19(24)22(3)4/h7-9H,5-6,10H2,1-4H3. The van der Waals surface area contributed by atoms with Crippen LogP contribution >= 0.6 is 0 Å². The van der Waals surface area contributed by atoms with Crippen molar-refractivity contribution in [3.8, 4) is 5.75 Å². The Kier molecular flexibility index (Phi) is 5.25. The van der Waals surface area contributed by atoms with Gasteiger partial charge in [0.05, 0.1) is 0 Å². The predicted octanol–water partition coefficient (Wildman–Crippen LogP) is 2.72. The molecule has 0 aliphatic carbocycles. The summed E-state index contributed by atoms with van der Waals surface area (Å²) < 4.78 is 16.1. The summed E-state index contributed by atoms with van der Waals surface area (Å²) in [7, 11) is 3.20. The topological polar surface area (TPSA) is 98.7 Å². The van der Waals surface area contributed by atoms with Gasteiger partial charge in [0.2, 0.25) is 5.82 Å². The average Bonchev–Trinajstić information content (AvgIpc) is 3.10. The van der Waals surface area contributed by atoms with Crippen molar-refractivity contribution in [3.05, 3.63) is 51.5 Å². The number of ether oxygens (including phenoxy) is 1. The van der Waals surface area contributed by atoms with Crippen LogP contribution in [-0.2, 0) is 13.0 Å². The lowest BCUT2D eigenvalue weighted by Gasteiger charge is -2.11. The summed E-state index contributed by atoms with van der Waals surface area (Å²) in [6.45, 7) is 3.91. The second-order valence-corrected chi connectivity index (χ2v) is 6.41. The minimum Gasteiger partial charge on any atom is -0.485 e. The van der Waals surface area contributed by atoms with E-state index in [1.165, 1.54) is 11.0 Å². The van der Waals surface area contributed by atoms with Crippen LogP contribution in [0.1, 0.15) is 41.0 Å². The van der Waals surface area contributed by atoms with Crippen LogP contribution in [0.2, 0.25) is 0 Å². The number of aromatic nitrogens is 2. The van der Waals surface area contributed by atoms with Crippen molar-refractivity contribution >= 4 is 16.9 Å². The van der Waals surface area contributed by atoms with Crippen LogP contribution in [0.5, 0.6) is 5.75 Å². The highest BCUT2D eigenvalue weighted by Crippen LogP contribution is 2.29. The lowest BCUT2D eigenvalue weighted by atomic mass is 10.0. The number of benzene rings is 1. The van der Waals surface area contributed by atoms with Gasteiger partial charge in [0.15, 0.2) is 6.61 Å². The fourth-order valence-corrected chi connectivity index (χ4v) is 2.77. The van der Waals surface area contributed by atoms with Gasteiger partial charge >= 0.3 is 17.4 Å². The molecule has 0 atom stereocenters. The number of nitrogens with zero attached hydrogens (tertiary/aromatic N) is 3. The van der Waals surface area contributed by atoms with Gasteiger partial charge in [-0.05, 0) is 31.0 Å². The summed E-state index contributed by atoms with van der Waals surface area (Å²) in [5, 5.41) is 4.65. The van der Waals surface area contributed by atoms with Crippen molar-refractivity contribution in [3.63, 3.8) is 0 Å². The van der Waals surface area contributed by atoms with Crippen molar-refractivity contribution in [2.75, 3.05) is 14.1 Å². The first-order valence-electron chi connectivity index (χ1n) is 8.64. The minimum atomic E-state index is -0.379. The second kappa shape index (κ2) is 7.61. The molecule has 0 fully saturated rings. The maximum absolute atomic E-state index is 11.9. The number of amides is 1. The molecule has 0 radical (unpaired) electrons. The highest BCUT2D eigenvalue weighted by molar-refractivity contribution is 5.89. The molecule has 27 heavy (non-hydrogen) atoms. The molecule has 8 heteroatoms. The number of hydrogen-bond donors (Lipinski definition) is 0. The van der Waals surface area contributed by atoms with Crippen LogP contribution < -0.4 is 10.4 Å². The molecule has 0 aliphatic rings. The first-order chi connectivity index (χ1) is 12.9. The van der Waals surface area contributed by atoms with E-state index in [4.69, 9.17) is 13.7 Å². The number of rotatable bonds is 6. The first-order valence-corrected chi connectivity index (χ1v) is 8.64. The number of fused-ring (bicyclic) bond motifs is 1. The van der Waals surface area contributed by atoms with Crippen LogP contribution in [0.3, 0.4) is 0 Å². The predicted molar refractivity (Wildman–Crippen MR) is 97.9 cm³/mol. The molecule has 1 amide bonds. The van der Waals surface area contributed by atoms with Crippen molar-refractivity contribution < 1.29 is 18.5 Å². The quantitative estimate of drug-likeness (QED) is 0.614. The molecule has 8 nitrogen and oxygen atoms in total. The maximum atomic E-state index is 11.9. The van der Waals surface area contributed by atoms with E-state index in [9.17, 15) is 9.59 Å². The van der Waals surface area contributed by atoms with E-state index in [0.717, 1.165) is 29.4 Å². The van der Waals surface area contributed by atoms with Crippen molar-refractivity contribution in [2.45, 2.75) is 33.3 Å². The highest BCUT2D eigenvalue weighted by Gasteiger charge is 2.18. The van der Waals surface area contributed by atoms with E-state index < -0.39 is 0 Å². The molecule has 142 valence electrons. The number of hydrogen-bond acceptors (Lipinski definition) is 7. The van der Waals surface area contributed by atoms with E-state index in [-0.39, 0.29) is 29.9 Å². The van der Waals surface area contributed by atoms with Gasteiger partial charge in [0, 0.05) is 31.1 Å². The van der Waals surface area contributed by atoms with Crippen molar-refractivity contribution in [2.24, 2.45) is 0 Å². The Morgan fingerprint density at radius 2 is 2.07 bits per heavy atom. The molecule has 0 saturated heterocycles. The third-order valence-electron chi connectivity index (χ3n) is 4.13. The van der Waals surface area contributed by atoms with Gasteiger partial charge in [0.25, 0.3) is 0 Å². The van der Waals surface area contributed by atoms with Gasteiger partial charge in [0.1, 0.15) is 11.3 Å². The maximum Gasteiger partial charge on any atom is 0.336 e. The Labute approximate surface area is 155 Å². The Hall–Kier alpha value is -3.16. The molecular weight excluding hydrogens is 350 g/mol. The smallest absolute Gasteiger partial charge is 0.336 e. The molecule has 0 N–H and O–H groups in total. The molecule has 0 saturated carbocycles. The third kappa shape index (κ3) is 3.84. The third-order valence-corrected chi connectivity index (χ3v) is 4.13. The zero-order valence-corrected chi connectivity index (χ0v) is 15.7. The van der Waals surface area contributed by atoms with Gasteiger partial charge in [-0.1, -0.05) is 18.5 Å². The van der Waals surface area contributed by atoms with E-state index in [1.807, 2.05) is 19.1 Å². The zero-order valence-electron chi connectivity index (χ0n) is 15.7. The highest BCUT2D eigenvalue weighted by atomic mass is 16.5. The van der Waals surface area contributed by atoms with Gasteiger partial charge in [-0.2, -0.15) is 4.98 Å². The van der Waals surface area contributed by atoms with Crippen LogP contribution in [0.25, 0.3) is 11.0 Å². The molecule has 3 rings (SSSR count). The average molecular weight is 371 g/mol. The monoisotopic (exact) mass is 371 g/mol. The number of carbonyl (C=O) groups is 1. The Morgan fingerprint density at radius 1 is 1.30 bits per heavy atom. The summed E-state index contributed by atoms with van der Waals surface area (Å²) in [5.41, 5.74) is 1.82. The summed E-state index contributed by atoms with van der Waals surface area (Å²) >= 11 is 0. The normalized spacial score (nSPS) is 11.0. The Bertz CT molecular complexity index is 1040. The minimum absolute atomic E-state index is 0.0233. The second-order valence-electron chi connectivity index (χ2n) is 6.41. The molecule has 0 bridgehead atoms. The van der Waals surface area contributed by atoms with E-state index in [1.54, 1.807) is 14.1 Å². The van der Waals surface area contributed by atoms with Crippen LogP contribution in [0.15, 0.2) is 31.9 Å². The molecule has 0 unspecified atom stereocenters. The summed E-state index contributed by atoms with van der Waals surface area (Å²) in [6, 6.07) is 5.24. The number of carbonyl (C=O) groups excluding carboxylic acids is 1. The molecule has 2 aromatic heterocycles. The molecular formula is C19H21N3O5. The molecule has 3 aromatic rings.